The SMILES string of the molecule is CCCn1c(NCc2ccccc2Cl)c(/C=C2/SC(=S)N(Cc3ccc(OC)cc3)C2=O)c(C)c(C#N)c1=O. The van der Waals surface area contributed by atoms with Crippen LogP contribution in [0.1, 0.15) is 41.2 Å². The first-order chi connectivity index (χ1) is 18.8. The van der Waals surface area contributed by atoms with Crippen molar-refractivity contribution in [3.05, 3.63) is 96.6 Å². The zero-order valence-corrected chi connectivity index (χ0v) is 24.2. The average molecular weight is 579 g/mol. The van der Waals surface area contributed by atoms with Crippen LogP contribution in [0, 0.1) is 18.3 Å². The number of methoxy groups -OCH3 is 1. The van der Waals surface area contributed by atoms with Gasteiger partial charge in [0.2, 0.25) is 0 Å². The molecule has 39 heavy (non-hydrogen) atoms. The molecular weight excluding hydrogens is 552 g/mol. The van der Waals surface area contributed by atoms with E-state index in [4.69, 9.17) is 28.6 Å². The zero-order chi connectivity index (χ0) is 28.1. The van der Waals surface area contributed by atoms with Gasteiger partial charge < -0.3 is 10.1 Å². The maximum Gasteiger partial charge on any atom is 0.270 e. The Labute approximate surface area is 242 Å². The van der Waals surface area contributed by atoms with Gasteiger partial charge in [0.25, 0.3) is 11.5 Å². The molecule has 1 aliphatic heterocycles. The van der Waals surface area contributed by atoms with Gasteiger partial charge in [-0.2, -0.15) is 5.26 Å². The van der Waals surface area contributed by atoms with E-state index in [0.717, 1.165) is 16.9 Å². The lowest BCUT2D eigenvalue weighted by Gasteiger charge is -2.20. The van der Waals surface area contributed by atoms with Gasteiger partial charge in [0, 0.05) is 23.7 Å². The summed E-state index contributed by atoms with van der Waals surface area (Å²) in [6, 6.07) is 17.0. The summed E-state index contributed by atoms with van der Waals surface area (Å²) in [4.78, 5) is 28.7. The van der Waals surface area contributed by atoms with Crippen LogP contribution in [-0.4, -0.2) is 26.8 Å². The number of ether oxygens (including phenoxy) is 1. The molecule has 0 atom stereocenters. The number of thiocarbonyl (C=S) groups is 1. The number of carbonyl (C=O) groups excluding carboxylic acids is 1. The highest BCUT2D eigenvalue weighted by atomic mass is 35.5. The summed E-state index contributed by atoms with van der Waals surface area (Å²) in [6.07, 6.45) is 2.40. The van der Waals surface area contributed by atoms with Crippen molar-refractivity contribution in [2.24, 2.45) is 0 Å². The predicted octanol–water partition coefficient (Wildman–Crippen LogP) is 6.11. The van der Waals surface area contributed by atoms with Crippen molar-refractivity contribution in [1.29, 1.82) is 5.26 Å². The largest absolute Gasteiger partial charge is 0.497 e. The van der Waals surface area contributed by atoms with Crippen LogP contribution in [0.25, 0.3) is 6.08 Å². The van der Waals surface area contributed by atoms with Gasteiger partial charge in [-0.25, -0.2) is 0 Å². The molecule has 1 amide bonds. The van der Waals surface area contributed by atoms with E-state index in [-0.39, 0.29) is 17.0 Å². The van der Waals surface area contributed by atoms with Gasteiger partial charge in [-0.1, -0.05) is 72.8 Å². The predicted molar refractivity (Wildman–Crippen MR) is 161 cm³/mol. The van der Waals surface area contributed by atoms with Crippen LogP contribution in [0.15, 0.2) is 58.2 Å². The summed E-state index contributed by atoms with van der Waals surface area (Å²) in [5.74, 6) is 1.02. The molecular formula is C29H27ClN4O3S2. The minimum absolute atomic E-state index is 0.0479. The van der Waals surface area contributed by atoms with Crippen molar-refractivity contribution in [2.75, 3.05) is 12.4 Å². The molecule has 7 nitrogen and oxygen atoms in total. The van der Waals surface area contributed by atoms with Crippen molar-refractivity contribution in [1.82, 2.24) is 9.47 Å². The van der Waals surface area contributed by atoms with Gasteiger partial charge in [0.05, 0.1) is 18.6 Å². The van der Waals surface area contributed by atoms with E-state index >= 15 is 0 Å². The molecule has 200 valence electrons. The van der Waals surface area contributed by atoms with Gasteiger partial charge in [-0.15, -0.1) is 0 Å². The average Bonchev–Trinajstić information content (AvgIpc) is 3.19. The third-order valence-electron chi connectivity index (χ3n) is 6.37. The maximum absolute atomic E-state index is 13.5. The Morgan fingerprint density at radius 3 is 2.54 bits per heavy atom. The van der Waals surface area contributed by atoms with Crippen LogP contribution in [0.2, 0.25) is 5.02 Å². The van der Waals surface area contributed by atoms with Crippen molar-refractivity contribution >= 4 is 57.7 Å². The van der Waals surface area contributed by atoms with Gasteiger partial charge in [-0.3, -0.25) is 19.1 Å². The van der Waals surface area contributed by atoms with Crippen molar-refractivity contribution in [3.8, 4) is 11.8 Å². The number of anilines is 1. The Balaban J connectivity index is 1.75. The summed E-state index contributed by atoms with van der Waals surface area (Å²) in [5.41, 5.74) is 2.53. The Morgan fingerprint density at radius 1 is 1.18 bits per heavy atom. The van der Waals surface area contributed by atoms with E-state index in [0.29, 0.717) is 57.2 Å². The Hall–Kier alpha value is -3.58. The lowest BCUT2D eigenvalue weighted by molar-refractivity contribution is -0.122. The second kappa shape index (κ2) is 12.5. The lowest BCUT2D eigenvalue weighted by atomic mass is 10.0. The zero-order valence-electron chi connectivity index (χ0n) is 21.8. The van der Waals surface area contributed by atoms with E-state index in [9.17, 15) is 14.9 Å². The third-order valence-corrected chi connectivity index (χ3v) is 8.12. The highest BCUT2D eigenvalue weighted by Gasteiger charge is 2.33. The van der Waals surface area contributed by atoms with E-state index in [2.05, 4.69) is 11.4 Å². The standard InChI is InChI=1S/C29H27ClN4O3S2/c1-4-13-33-26(32-16-20-7-5-6-8-24(20)30)22(18(2)23(15-31)27(33)35)14-25-28(36)34(29(38)39-25)17-19-9-11-21(37-3)12-10-19/h5-12,14,32H,4,13,16-17H2,1-3H3/b25-14+. The number of carbonyl (C=O) groups is 1. The minimum atomic E-state index is -0.372. The minimum Gasteiger partial charge on any atom is -0.497 e. The summed E-state index contributed by atoms with van der Waals surface area (Å²) in [7, 11) is 1.60. The highest BCUT2D eigenvalue weighted by molar-refractivity contribution is 8.26. The molecule has 3 aromatic rings. The van der Waals surface area contributed by atoms with E-state index in [1.165, 1.54) is 11.8 Å². The molecule has 4 rings (SSSR count). The first-order valence-corrected chi connectivity index (χ1v) is 13.9. The molecule has 2 heterocycles. The number of rotatable bonds is 9. The monoisotopic (exact) mass is 578 g/mol. The van der Waals surface area contributed by atoms with Crippen molar-refractivity contribution in [3.63, 3.8) is 0 Å². The molecule has 0 unspecified atom stereocenters. The van der Waals surface area contributed by atoms with E-state index in [1.807, 2.05) is 49.4 Å². The molecule has 0 spiro atoms. The Kier molecular flexibility index (Phi) is 9.12. The second-order valence-corrected chi connectivity index (χ2v) is 11.0. The number of hydrogen-bond donors (Lipinski definition) is 1. The smallest absolute Gasteiger partial charge is 0.270 e. The van der Waals surface area contributed by atoms with Crippen LogP contribution < -0.4 is 15.6 Å². The molecule has 1 aliphatic rings. The van der Waals surface area contributed by atoms with Gasteiger partial charge in [0.15, 0.2) is 0 Å². The fourth-order valence-electron chi connectivity index (χ4n) is 4.29. The van der Waals surface area contributed by atoms with Crippen LogP contribution >= 0.6 is 35.6 Å². The molecule has 10 heteroatoms. The molecule has 0 aliphatic carbocycles. The molecule has 2 aromatic carbocycles. The summed E-state index contributed by atoms with van der Waals surface area (Å²) in [5, 5.41) is 13.8. The van der Waals surface area contributed by atoms with Crippen LogP contribution in [0.3, 0.4) is 0 Å². The molecule has 0 saturated carbocycles. The number of amides is 1. The number of halogens is 1. The Morgan fingerprint density at radius 2 is 1.90 bits per heavy atom. The number of hydrogen-bond acceptors (Lipinski definition) is 7. The maximum atomic E-state index is 13.5. The number of nitrogens with zero attached hydrogens (tertiary/aromatic N) is 3. The summed E-state index contributed by atoms with van der Waals surface area (Å²) < 4.78 is 7.22. The normalized spacial score (nSPS) is 14.1. The van der Waals surface area contributed by atoms with Crippen molar-refractivity contribution in [2.45, 2.75) is 39.9 Å². The molecule has 0 bridgehead atoms. The van der Waals surface area contributed by atoms with E-state index in [1.54, 1.807) is 35.6 Å². The molecule has 1 fully saturated rings. The number of benzene rings is 2. The van der Waals surface area contributed by atoms with Crippen LogP contribution in [0.5, 0.6) is 5.75 Å². The fourth-order valence-corrected chi connectivity index (χ4v) is 5.73. The van der Waals surface area contributed by atoms with Crippen LogP contribution in [0.4, 0.5) is 5.82 Å². The molecule has 1 N–H and O–H groups in total. The first-order valence-electron chi connectivity index (χ1n) is 12.3. The first kappa shape index (κ1) is 28.4. The highest BCUT2D eigenvalue weighted by Crippen LogP contribution is 2.36. The topological polar surface area (TPSA) is 87.4 Å². The van der Waals surface area contributed by atoms with Crippen molar-refractivity contribution < 1.29 is 9.53 Å². The number of nitriles is 1. The summed E-state index contributed by atoms with van der Waals surface area (Å²) in [6.45, 7) is 4.76. The number of thioether (sulfide) groups is 1. The van der Waals surface area contributed by atoms with Gasteiger partial charge in [-0.05, 0) is 54.3 Å². The number of nitrogens with one attached hydrogen (secondary N) is 1. The lowest BCUT2D eigenvalue weighted by Crippen LogP contribution is -2.28. The van der Waals surface area contributed by atoms with Crippen LogP contribution in [-0.2, 0) is 24.4 Å². The number of pyridine rings is 1. The van der Waals surface area contributed by atoms with E-state index < -0.39 is 0 Å². The molecule has 0 radical (unpaired) electrons. The van der Waals surface area contributed by atoms with Gasteiger partial charge >= 0.3 is 0 Å². The molecule has 1 saturated heterocycles. The van der Waals surface area contributed by atoms with Gasteiger partial charge in [0.1, 0.15) is 27.5 Å². The Bertz CT molecular complexity index is 1560. The fraction of sp³-hybridized carbons (Fsp3) is 0.241. The quantitative estimate of drug-likeness (QED) is 0.242. The second-order valence-electron chi connectivity index (χ2n) is 8.89. The molecule has 1 aromatic heterocycles. The third kappa shape index (κ3) is 6.04. The number of aromatic nitrogens is 1. The summed E-state index contributed by atoms with van der Waals surface area (Å²) >= 11 is 13.1.